The maximum atomic E-state index is 4.43. The van der Waals surface area contributed by atoms with Crippen molar-refractivity contribution < 1.29 is 0 Å². The van der Waals surface area contributed by atoms with Crippen LogP contribution in [0.2, 0.25) is 0 Å². The Balaban J connectivity index is 2.40. The smallest absolute Gasteiger partial charge is 0.0764 e. The zero-order valence-corrected chi connectivity index (χ0v) is 10.4. The molecule has 17 heavy (non-hydrogen) atoms. The Labute approximate surface area is 102 Å². The van der Waals surface area contributed by atoms with Crippen LogP contribution in [0.1, 0.15) is 28.4 Å². The highest BCUT2D eigenvalue weighted by atomic mass is 14.9. The summed E-state index contributed by atoms with van der Waals surface area (Å²) in [6.07, 6.45) is 5.59. The number of pyridine rings is 2. The monoisotopic (exact) mass is 227 g/mol. The second-order valence-electron chi connectivity index (χ2n) is 4.28. The number of hydrogen-bond acceptors (Lipinski definition) is 3. The molecule has 0 aliphatic carbocycles. The molecule has 3 heteroatoms. The van der Waals surface area contributed by atoms with E-state index < -0.39 is 0 Å². The number of aryl methyl sites for hydroxylation is 2. The fraction of sp³-hybridized carbons (Fsp3) is 0.286. The molecule has 2 rings (SSSR count). The second-order valence-corrected chi connectivity index (χ2v) is 4.28. The van der Waals surface area contributed by atoms with Crippen LogP contribution in [0, 0.1) is 13.8 Å². The number of nitrogens with zero attached hydrogens (tertiary/aromatic N) is 2. The Kier molecular flexibility index (Phi) is 3.49. The van der Waals surface area contributed by atoms with Crippen molar-refractivity contribution in [1.82, 2.24) is 15.3 Å². The van der Waals surface area contributed by atoms with Crippen molar-refractivity contribution in [2.75, 3.05) is 7.05 Å². The fourth-order valence-electron chi connectivity index (χ4n) is 1.94. The van der Waals surface area contributed by atoms with Crippen molar-refractivity contribution in [2.24, 2.45) is 0 Å². The third-order valence-corrected chi connectivity index (χ3v) is 2.75. The van der Waals surface area contributed by atoms with Crippen LogP contribution in [0.3, 0.4) is 0 Å². The molecule has 88 valence electrons. The standard InChI is InChI=1S/C14H17N3/c1-10-4-5-17-13(7-10)14(15-3)12-6-11(2)8-16-9-12/h4-9,14-15H,1-3H3. The topological polar surface area (TPSA) is 37.8 Å². The lowest BCUT2D eigenvalue weighted by Crippen LogP contribution is -2.19. The molecule has 0 amide bonds. The molecule has 0 aromatic carbocycles. The second kappa shape index (κ2) is 5.06. The van der Waals surface area contributed by atoms with Gasteiger partial charge in [-0.2, -0.15) is 0 Å². The average molecular weight is 227 g/mol. The van der Waals surface area contributed by atoms with E-state index >= 15 is 0 Å². The highest BCUT2D eigenvalue weighted by Crippen LogP contribution is 2.20. The number of nitrogens with one attached hydrogen (secondary N) is 1. The molecule has 3 nitrogen and oxygen atoms in total. The van der Waals surface area contributed by atoms with Gasteiger partial charge in [0, 0.05) is 18.6 Å². The van der Waals surface area contributed by atoms with Crippen LogP contribution < -0.4 is 5.32 Å². The molecule has 2 aromatic heterocycles. The summed E-state index contributed by atoms with van der Waals surface area (Å²) in [6, 6.07) is 6.34. The third kappa shape index (κ3) is 2.68. The molecule has 1 unspecified atom stereocenters. The molecular formula is C14H17N3. The van der Waals surface area contributed by atoms with Crippen LogP contribution >= 0.6 is 0 Å². The summed E-state index contributed by atoms with van der Waals surface area (Å²) in [5, 5.41) is 3.29. The summed E-state index contributed by atoms with van der Waals surface area (Å²) >= 11 is 0. The van der Waals surface area contributed by atoms with Gasteiger partial charge in [0.15, 0.2) is 0 Å². The molecule has 0 spiro atoms. The van der Waals surface area contributed by atoms with Gasteiger partial charge in [0.1, 0.15) is 0 Å². The van der Waals surface area contributed by atoms with Crippen molar-refractivity contribution >= 4 is 0 Å². The van der Waals surface area contributed by atoms with Gasteiger partial charge >= 0.3 is 0 Å². The van der Waals surface area contributed by atoms with Crippen molar-refractivity contribution in [3.05, 3.63) is 59.2 Å². The summed E-state index contributed by atoms with van der Waals surface area (Å²) in [6.45, 7) is 4.12. The van der Waals surface area contributed by atoms with Gasteiger partial charge < -0.3 is 5.32 Å². The van der Waals surface area contributed by atoms with Gasteiger partial charge in [-0.15, -0.1) is 0 Å². The van der Waals surface area contributed by atoms with E-state index in [0.717, 1.165) is 16.8 Å². The van der Waals surface area contributed by atoms with Crippen LogP contribution in [0.5, 0.6) is 0 Å². The first-order chi connectivity index (χ1) is 8.20. The van der Waals surface area contributed by atoms with Gasteiger partial charge in [-0.3, -0.25) is 9.97 Å². The minimum atomic E-state index is 0.0994. The molecule has 0 saturated carbocycles. The summed E-state index contributed by atoms with van der Waals surface area (Å²) in [5.74, 6) is 0. The van der Waals surface area contributed by atoms with E-state index in [2.05, 4.69) is 34.3 Å². The highest BCUT2D eigenvalue weighted by Gasteiger charge is 2.13. The van der Waals surface area contributed by atoms with Crippen molar-refractivity contribution in [2.45, 2.75) is 19.9 Å². The first-order valence-corrected chi connectivity index (χ1v) is 5.72. The molecule has 0 fully saturated rings. The number of aromatic nitrogens is 2. The molecule has 0 bridgehead atoms. The maximum absolute atomic E-state index is 4.43. The van der Waals surface area contributed by atoms with E-state index in [1.54, 1.807) is 0 Å². The number of rotatable bonds is 3. The molecule has 1 atom stereocenters. The van der Waals surface area contributed by atoms with Crippen molar-refractivity contribution in [3.8, 4) is 0 Å². The van der Waals surface area contributed by atoms with E-state index in [-0.39, 0.29) is 6.04 Å². The molecule has 0 aliphatic heterocycles. The maximum Gasteiger partial charge on any atom is 0.0764 e. The van der Waals surface area contributed by atoms with Crippen LogP contribution in [0.4, 0.5) is 0 Å². The minimum absolute atomic E-state index is 0.0994. The molecule has 0 radical (unpaired) electrons. The third-order valence-electron chi connectivity index (χ3n) is 2.75. The molecule has 0 saturated heterocycles. The average Bonchev–Trinajstić information content (AvgIpc) is 2.30. The lowest BCUT2D eigenvalue weighted by molar-refractivity contribution is 0.667. The lowest BCUT2D eigenvalue weighted by Gasteiger charge is -2.16. The highest BCUT2D eigenvalue weighted by molar-refractivity contribution is 5.29. The van der Waals surface area contributed by atoms with Gasteiger partial charge in [0.05, 0.1) is 11.7 Å². The van der Waals surface area contributed by atoms with Crippen LogP contribution in [0.15, 0.2) is 36.8 Å². The molecule has 2 heterocycles. The first-order valence-electron chi connectivity index (χ1n) is 5.72. The lowest BCUT2D eigenvalue weighted by atomic mass is 10.0. The summed E-state index contributed by atoms with van der Waals surface area (Å²) < 4.78 is 0. The molecule has 0 aliphatic rings. The van der Waals surface area contributed by atoms with Gasteiger partial charge in [-0.05, 0) is 49.7 Å². The summed E-state index contributed by atoms with van der Waals surface area (Å²) in [4.78, 5) is 8.66. The Hall–Kier alpha value is -1.74. The normalized spacial score (nSPS) is 12.4. The van der Waals surface area contributed by atoms with Gasteiger partial charge in [-0.25, -0.2) is 0 Å². The van der Waals surface area contributed by atoms with Crippen LogP contribution in [0.25, 0.3) is 0 Å². The van der Waals surface area contributed by atoms with Crippen molar-refractivity contribution in [3.63, 3.8) is 0 Å². The molecular weight excluding hydrogens is 210 g/mol. The van der Waals surface area contributed by atoms with E-state index in [9.17, 15) is 0 Å². The van der Waals surface area contributed by atoms with Gasteiger partial charge in [0.2, 0.25) is 0 Å². The van der Waals surface area contributed by atoms with Gasteiger partial charge in [-0.1, -0.05) is 6.07 Å². The van der Waals surface area contributed by atoms with Crippen molar-refractivity contribution in [1.29, 1.82) is 0 Å². The Morgan fingerprint density at radius 2 is 1.94 bits per heavy atom. The van der Waals surface area contributed by atoms with E-state index in [1.807, 2.05) is 38.6 Å². The SMILES string of the molecule is CNC(c1cncc(C)c1)c1cc(C)ccn1. The fourth-order valence-corrected chi connectivity index (χ4v) is 1.94. The quantitative estimate of drug-likeness (QED) is 0.875. The predicted octanol–water partition coefficient (Wildman–Crippen LogP) is 2.40. The summed E-state index contributed by atoms with van der Waals surface area (Å²) in [5.41, 5.74) is 4.55. The summed E-state index contributed by atoms with van der Waals surface area (Å²) in [7, 11) is 1.94. The predicted molar refractivity (Wildman–Crippen MR) is 68.9 cm³/mol. The Morgan fingerprint density at radius 3 is 2.59 bits per heavy atom. The molecule has 1 N–H and O–H groups in total. The first kappa shape index (κ1) is 11.7. The Bertz CT molecular complexity index is 463. The Morgan fingerprint density at radius 1 is 1.12 bits per heavy atom. The minimum Gasteiger partial charge on any atom is -0.308 e. The molecule has 2 aromatic rings. The zero-order valence-electron chi connectivity index (χ0n) is 10.4. The van der Waals surface area contributed by atoms with E-state index in [1.165, 1.54) is 5.56 Å². The van der Waals surface area contributed by atoms with E-state index in [4.69, 9.17) is 0 Å². The van der Waals surface area contributed by atoms with Crippen LogP contribution in [-0.2, 0) is 0 Å². The van der Waals surface area contributed by atoms with Gasteiger partial charge in [0.25, 0.3) is 0 Å². The number of hydrogen-bond donors (Lipinski definition) is 1. The zero-order chi connectivity index (χ0) is 12.3. The largest absolute Gasteiger partial charge is 0.308 e. The van der Waals surface area contributed by atoms with E-state index in [0.29, 0.717) is 0 Å². The van der Waals surface area contributed by atoms with Crippen LogP contribution in [-0.4, -0.2) is 17.0 Å².